The lowest BCUT2D eigenvalue weighted by Gasteiger charge is -2.34. The van der Waals surface area contributed by atoms with E-state index in [1.807, 2.05) is 6.26 Å². The number of pyridine rings is 1. The molecule has 2 aromatic heterocycles. The lowest BCUT2D eigenvalue weighted by molar-refractivity contribution is 0.463. The average molecular weight is 340 g/mol. The van der Waals surface area contributed by atoms with Crippen molar-refractivity contribution in [3.63, 3.8) is 0 Å². The van der Waals surface area contributed by atoms with Crippen molar-refractivity contribution in [2.45, 2.75) is 30.1 Å². The van der Waals surface area contributed by atoms with E-state index < -0.39 is 5.82 Å². The summed E-state index contributed by atoms with van der Waals surface area (Å²) in [6.07, 6.45) is 5.81. The third kappa shape index (κ3) is 2.31. The van der Waals surface area contributed by atoms with Crippen LogP contribution in [0.4, 0.5) is 10.2 Å². The van der Waals surface area contributed by atoms with Crippen molar-refractivity contribution < 1.29 is 4.39 Å². The minimum Gasteiger partial charge on any atom is -0.353 e. The van der Waals surface area contributed by atoms with E-state index in [4.69, 9.17) is 11.6 Å². The lowest BCUT2D eigenvalue weighted by Crippen LogP contribution is -2.51. The maximum atomic E-state index is 14.3. The molecule has 2 aliphatic rings. The van der Waals surface area contributed by atoms with Gasteiger partial charge in [-0.05, 0) is 19.1 Å². The Hall–Kier alpha value is -1.18. The largest absolute Gasteiger partial charge is 0.353 e. The zero-order valence-corrected chi connectivity index (χ0v) is 13.6. The van der Waals surface area contributed by atoms with Crippen LogP contribution in [-0.2, 0) is 0 Å². The van der Waals surface area contributed by atoms with Crippen LogP contribution in [-0.4, -0.2) is 46.4 Å². The molecule has 2 aromatic rings. The number of thioether (sulfide) groups is 1. The highest BCUT2D eigenvalue weighted by Crippen LogP contribution is 2.32. The molecule has 8 heteroatoms. The summed E-state index contributed by atoms with van der Waals surface area (Å²) in [5, 5.41) is 4.61. The fraction of sp³-hybridized carbons (Fsp3) is 0.500. The number of anilines is 1. The highest BCUT2D eigenvalue weighted by molar-refractivity contribution is 7.98. The van der Waals surface area contributed by atoms with Crippen LogP contribution in [0.1, 0.15) is 12.8 Å². The molecular formula is C14H15ClFN5S. The number of hydrogen-bond donors (Lipinski definition) is 1. The van der Waals surface area contributed by atoms with Crippen molar-refractivity contribution in [2.75, 3.05) is 24.2 Å². The van der Waals surface area contributed by atoms with Crippen LogP contribution >= 0.6 is 23.4 Å². The van der Waals surface area contributed by atoms with Crippen molar-refractivity contribution >= 4 is 40.1 Å². The van der Waals surface area contributed by atoms with E-state index in [1.165, 1.54) is 24.6 Å². The van der Waals surface area contributed by atoms with Crippen molar-refractivity contribution in [1.82, 2.24) is 20.3 Å². The van der Waals surface area contributed by atoms with E-state index in [2.05, 4.69) is 25.2 Å². The van der Waals surface area contributed by atoms with Crippen LogP contribution in [0.3, 0.4) is 0 Å². The van der Waals surface area contributed by atoms with Crippen LogP contribution in [0.2, 0.25) is 5.15 Å². The highest BCUT2D eigenvalue weighted by Gasteiger charge is 2.33. The third-order valence-electron chi connectivity index (χ3n) is 4.30. The number of halogens is 2. The Morgan fingerprint density at radius 3 is 2.73 bits per heavy atom. The first kappa shape index (κ1) is 14.4. The Bertz CT molecular complexity index is 731. The number of nitrogens with one attached hydrogen (secondary N) is 1. The van der Waals surface area contributed by atoms with Gasteiger partial charge in [-0.1, -0.05) is 23.4 Å². The first-order valence-electron chi connectivity index (χ1n) is 7.22. The normalized spacial score (nSPS) is 24.2. The molecule has 116 valence electrons. The van der Waals surface area contributed by atoms with Crippen molar-refractivity contribution in [1.29, 1.82) is 0 Å². The summed E-state index contributed by atoms with van der Waals surface area (Å²) in [4.78, 5) is 15.0. The van der Waals surface area contributed by atoms with Gasteiger partial charge in [-0.3, -0.25) is 0 Å². The van der Waals surface area contributed by atoms with Gasteiger partial charge >= 0.3 is 0 Å². The molecule has 2 fully saturated rings. The zero-order chi connectivity index (χ0) is 15.3. The molecule has 2 aliphatic heterocycles. The van der Waals surface area contributed by atoms with Gasteiger partial charge in [0.25, 0.3) is 0 Å². The van der Waals surface area contributed by atoms with E-state index in [0.29, 0.717) is 22.6 Å². The molecule has 0 radical (unpaired) electrons. The molecule has 0 unspecified atom stereocenters. The quantitative estimate of drug-likeness (QED) is 0.515. The topological polar surface area (TPSA) is 53.9 Å². The lowest BCUT2D eigenvalue weighted by atomic mass is 10.2. The second-order valence-electron chi connectivity index (χ2n) is 5.70. The van der Waals surface area contributed by atoms with Gasteiger partial charge in [0.15, 0.2) is 16.1 Å². The van der Waals surface area contributed by atoms with Crippen LogP contribution < -0.4 is 10.2 Å². The molecule has 4 rings (SSSR count). The Kier molecular flexibility index (Phi) is 3.58. The molecular weight excluding hydrogens is 325 g/mol. The summed E-state index contributed by atoms with van der Waals surface area (Å²) >= 11 is 7.20. The molecule has 0 amide bonds. The minimum atomic E-state index is -0.573. The van der Waals surface area contributed by atoms with Gasteiger partial charge in [-0.25, -0.2) is 19.3 Å². The molecule has 0 aliphatic carbocycles. The molecule has 2 bridgehead atoms. The maximum absolute atomic E-state index is 14.3. The van der Waals surface area contributed by atoms with Gasteiger partial charge in [-0.15, -0.1) is 0 Å². The number of fused-ring (bicyclic) bond motifs is 3. The monoisotopic (exact) mass is 339 g/mol. The summed E-state index contributed by atoms with van der Waals surface area (Å²) in [6.45, 7) is 1.75. The molecule has 0 spiro atoms. The average Bonchev–Trinajstić information content (AvgIpc) is 2.88. The fourth-order valence-electron chi connectivity index (χ4n) is 3.30. The molecule has 4 heterocycles. The van der Waals surface area contributed by atoms with Crippen molar-refractivity contribution in [3.8, 4) is 0 Å². The van der Waals surface area contributed by atoms with Gasteiger partial charge in [0, 0.05) is 31.4 Å². The molecule has 1 N–H and O–H groups in total. The van der Waals surface area contributed by atoms with E-state index in [1.54, 1.807) is 6.20 Å². The van der Waals surface area contributed by atoms with Gasteiger partial charge in [0.05, 0.1) is 5.39 Å². The van der Waals surface area contributed by atoms with Gasteiger partial charge in [-0.2, -0.15) is 0 Å². The van der Waals surface area contributed by atoms with E-state index >= 15 is 0 Å². The van der Waals surface area contributed by atoms with Crippen LogP contribution in [0.25, 0.3) is 10.9 Å². The van der Waals surface area contributed by atoms with E-state index in [0.717, 1.165) is 18.9 Å². The number of rotatable bonds is 2. The number of hydrogen-bond acceptors (Lipinski definition) is 6. The predicted molar refractivity (Wildman–Crippen MR) is 86.2 cm³/mol. The number of nitrogens with zero attached hydrogens (tertiary/aromatic N) is 4. The van der Waals surface area contributed by atoms with Crippen LogP contribution in [0, 0.1) is 5.82 Å². The van der Waals surface area contributed by atoms with Crippen LogP contribution in [0.5, 0.6) is 0 Å². The predicted octanol–water partition coefficient (Wildman–Crippen LogP) is 2.48. The van der Waals surface area contributed by atoms with Crippen molar-refractivity contribution in [3.05, 3.63) is 17.2 Å². The first-order valence-corrected chi connectivity index (χ1v) is 8.82. The van der Waals surface area contributed by atoms with Gasteiger partial charge in [0.1, 0.15) is 11.3 Å². The fourth-order valence-corrected chi connectivity index (χ4v) is 3.80. The van der Waals surface area contributed by atoms with Crippen LogP contribution in [0.15, 0.2) is 11.4 Å². The summed E-state index contributed by atoms with van der Waals surface area (Å²) in [5.41, 5.74) is 0.250. The van der Waals surface area contributed by atoms with E-state index in [9.17, 15) is 4.39 Å². The van der Waals surface area contributed by atoms with Gasteiger partial charge in [0.2, 0.25) is 0 Å². The Morgan fingerprint density at radius 2 is 2.05 bits per heavy atom. The summed E-state index contributed by atoms with van der Waals surface area (Å²) in [6, 6.07) is 0.957. The van der Waals surface area contributed by atoms with Gasteiger partial charge < -0.3 is 10.2 Å². The Balaban J connectivity index is 1.87. The summed E-state index contributed by atoms with van der Waals surface area (Å²) in [5.74, 6) is 0.187. The molecule has 2 saturated heterocycles. The third-order valence-corrected chi connectivity index (χ3v) is 5.11. The second-order valence-corrected chi connectivity index (χ2v) is 6.83. The second kappa shape index (κ2) is 5.47. The molecule has 2 atom stereocenters. The highest BCUT2D eigenvalue weighted by atomic mass is 35.5. The Labute approximate surface area is 136 Å². The zero-order valence-electron chi connectivity index (χ0n) is 12.0. The molecule has 0 aromatic carbocycles. The molecule has 22 heavy (non-hydrogen) atoms. The summed E-state index contributed by atoms with van der Waals surface area (Å²) in [7, 11) is 0. The maximum Gasteiger partial charge on any atom is 0.189 e. The number of piperazine rings is 1. The standard InChI is InChI=1S/C14H15ClFN5S/c1-22-14-19-11-9(4-17-12(15)10(11)16)13(20-14)21-5-7-2-3-8(6-21)18-7/h4,7-8,18H,2-3,5-6H2,1H3/t7-,8+. The van der Waals surface area contributed by atoms with Crippen molar-refractivity contribution in [2.24, 2.45) is 0 Å². The van der Waals surface area contributed by atoms with E-state index in [-0.39, 0.29) is 10.7 Å². The summed E-state index contributed by atoms with van der Waals surface area (Å²) < 4.78 is 14.3. The SMILES string of the molecule is CSc1nc(N2C[C@H]3CC[C@@H](C2)N3)c2cnc(Cl)c(F)c2n1. The molecule has 0 saturated carbocycles. The first-order chi connectivity index (χ1) is 10.7. The number of aromatic nitrogens is 3. The smallest absolute Gasteiger partial charge is 0.189 e. The minimum absolute atomic E-state index is 0.149. The molecule has 5 nitrogen and oxygen atoms in total. The Morgan fingerprint density at radius 1 is 1.32 bits per heavy atom.